The van der Waals surface area contributed by atoms with Crippen molar-refractivity contribution in [1.29, 1.82) is 0 Å². The normalized spacial score (nSPS) is 19.1. The summed E-state index contributed by atoms with van der Waals surface area (Å²) < 4.78 is 25.1. The van der Waals surface area contributed by atoms with E-state index in [2.05, 4.69) is 15.6 Å². The number of benzene rings is 1. The van der Waals surface area contributed by atoms with Crippen molar-refractivity contribution in [3.63, 3.8) is 0 Å². The van der Waals surface area contributed by atoms with Crippen LogP contribution in [0.4, 0.5) is 0 Å². The van der Waals surface area contributed by atoms with Gasteiger partial charge in [-0.3, -0.25) is 4.99 Å². The Morgan fingerprint density at radius 2 is 2.08 bits per heavy atom. The van der Waals surface area contributed by atoms with Crippen LogP contribution in [0.1, 0.15) is 26.2 Å². The van der Waals surface area contributed by atoms with E-state index in [0.29, 0.717) is 22.5 Å². The molecule has 2 rings (SSSR count). The quantitative estimate of drug-likeness (QED) is 0.345. The minimum atomic E-state index is -3.31. The van der Waals surface area contributed by atoms with Gasteiger partial charge in [0.15, 0.2) is 15.8 Å². The van der Waals surface area contributed by atoms with Crippen LogP contribution < -0.4 is 10.6 Å². The molecule has 0 aromatic heterocycles. The average molecular weight is 497 g/mol. The van der Waals surface area contributed by atoms with Crippen LogP contribution in [-0.4, -0.2) is 50.8 Å². The Labute approximate surface area is 172 Å². The molecule has 25 heavy (non-hydrogen) atoms. The van der Waals surface area contributed by atoms with Crippen LogP contribution in [0.15, 0.2) is 40.2 Å². The lowest BCUT2D eigenvalue weighted by molar-refractivity contribution is 0.568. The molecule has 1 fully saturated rings. The van der Waals surface area contributed by atoms with Gasteiger partial charge in [-0.05, 0) is 37.1 Å². The lowest BCUT2D eigenvalue weighted by Gasteiger charge is -2.21. The van der Waals surface area contributed by atoms with Crippen molar-refractivity contribution in [2.45, 2.75) is 42.4 Å². The summed E-state index contributed by atoms with van der Waals surface area (Å²) in [6.07, 6.45) is 3.22. The van der Waals surface area contributed by atoms with Gasteiger partial charge in [-0.25, -0.2) is 8.42 Å². The van der Waals surface area contributed by atoms with E-state index in [1.165, 1.54) is 18.6 Å². The van der Waals surface area contributed by atoms with Crippen molar-refractivity contribution >= 4 is 51.5 Å². The van der Waals surface area contributed by atoms with Gasteiger partial charge in [0, 0.05) is 24.9 Å². The van der Waals surface area contributed by atoms with Gasteiger partial charge in [-0.2, -0.15) is 11.8 Å². The maximum Gasteiger partial charge on any atom is 0.191 e. The predicted molar refractivity (Wildman–Crippen MR) is 118 cm³/mol. The maximum atomic E-state index is 12.5. The molecule has 0 saturated carbocycles. The second kappa shape index (κ2) is 11.3. The Morgan fingerprint density at radius 1 is 1.36 bits per heavy atom. The molecule has 1 aromatic rings. The standard InChI is InChI=1S/C17H27N3O2S2.HI/c1-3-14(13-24(21,22)16-9-5-4-6-10-16)20-17(18-2)19-12-15-8-7-11-23-15;/h4-6,9-10,14-15H,3,7-8,11-13H2,1-2H3,(H2,18,19,20);1H. The van der Waals surface area contributed by atoms with E-state index in [-0.39, 0.29) is 35.8 Å². The summed E-state index contributed by atoms with van der Waals surface area (Å²) in [5.41, 5.74) is 0. The van der Waals surface area contributed by atoms with E-state index in [4.69, 9.17) is 0 Å². The summed E-state index contributed by atoms with van der Waals surface area (Å²) in [4.78, 5) is 4.60. The molecule has 2 N–H and O–H groups in total. The number of sulfone groups is 1. The highest BCUT2D eigenvalue weighted by molar-refractivity contribution is 14.0. The number of nitrogens with zero attached hydrogens (tertiary/aromatic N) is 1. The third-order valence-electron chi connectivity index (χ3n) is 4.10. The number of aliphatic imine (C=N–C) groups is 1. The molecule has 142 valence electrons. The van der Waals surface area contributed by atoms with E-state index in [1.54, 1.807) is 31.3 Å². The minimum absolute atomic E-state index is 0. The largest absolute Gasteiger partial charge is 0.355 e. The lowest BCUT2D eigenvalue weighted by Crippen LogP contribution is -2.47. The molecule has 1 saturated heterocycles. The first kappa shape index (κ1) is 22.6. The Bertz CT molecular complexity index is 633. The van der Waals surface area contributed by atoms with Crippen LogP contribution in [-0.2, 0) is 9.84 Å². The van der Waals surface area contributed by atoms with Crippen molar-refractivity contribution in [3.8, 4) is 0 Å². The van der Waals surface area contributed by atoms with Crippen LogP contribution in [0, 0.1) is 0 Å². The summed E-state index contributed by atoms with van der Waals surface area (Å²) in [6, 6.07) is 8.44. The molecular weight excluding hydrogens is 469 g/mol. The van der Waals surface area contributed by atoms with Crippen LogP contribution in [0.25, 0.3) is 0 Å². The summed E-state index contributed by atoms with van der Waals surface area (Å²) in [5.74, 6) is 1.97. The Kier molecular flexibility index (Phi) is 10.2. The third-order valence-corrected chi connectivity index (χ3v) is 7.33. The fourth-order valence-corrected chi connectivity index (χ4v) is 5.47. The second-order valence-corrected chi connectivity index (χ2v) is 9.37. The second-order valence-electron chi connectivity index (χ2n) is 5.93. The summed E-state index contributed by atoms with van der Waals surface area (Å²) in [5, 5.41) is 7.20. The van der Waals surface area contributed by atoms with Gasteiger partial charge >= 0.3 is 0 Å². The first-order chi connectivity index (χ1) is 11.5. The topological polar surface area (TPSA) is 70.6 Å². The first-order valence-corrected chi connectivity index (χ1v) is 11.1. The maximum absolute atomic E-state index is 12.5. The molecule has 8 heteroatoms. The van der Waals surface area contributed by atoms with Gasteiger partial charge in [0.05, 0.1) is 10.6 Å². The first-order valence-electron chi connectivity index (χ1n) is 8.41. The van der Waals surface area contributed by atoms with E-state index in [9.17, 15) is 8.42 Å². The molecule has 1 heterocycles. The average Bonchev–Trinajstić information content (AvgIpc) is 3.11. The Morgan fingerprint density at radius 3 is 2.64 bits per heavy atom. The van der Waals surface area contributed by atoms with Crippen molar-refractivity contribution in [3.05, 3.63) is 30.3 Å². The fraction of sp³-hybridized carbons (Fsp3) is 0.588. The molecule has 1 aromatic carbocycles. The fourth-order valence-electron chi connectivity index (χ4n) is 2.65. The molecule has 2 atom stereocenters. The molecule has 0 spiro atoms. The molecule has 0 bridgehead atoms. The highest BCUT2D eigenvalue weighted by atomic mass is 127. The molecule has 1 aliphatic rings. The monoisotopic (exact) mass is 497 g/mol. The molecular formula is C17H28IN3O2S2. The summed E-state index contributed by atoms with van der Waals surface area (Å²) in [7, 11) is -1.59. The van der Waals surface area contributed by atoms with Gasteiger partial charge in [0.1, 0.15) is 0 Å². The predicted octanol–water partition coefficient (Wildman–Crippen LogP) is 2.92. The van der Waals surface area contributed by atoms with Crippen LogP contribution in [0.5, 0.6) is 0 Å². The van der Waals surface area contributed by atoms with Crippen molar-refractivity contribution in [2.75, 3.05) is 25.1 Å². The van der Waals surface area contributed by atoms with Gasteiger partial charge in [-0.15, -0.1) is 24.0 Å². The lowest BCUT2D eigenvalue weighted by atomic mass is 10.2. The number of hydrogen-bond donors (Lipinski definition) is 2. The van der Waals surface area contributed by atoms with Gasteiger partial charge in [-0.1, -0.05) is 25.1 Å². The molecule has 0 radical (unpaired) electrons. The number of halogens is 1. The number of thioether (sulfide) groups is 1. The number of rotatable bonds is 7. The molecule has 0 aliphatic carbocycles. The van der Waals surface area contributed by atoms with E-state index >= 15 is 0 Å². The summed E-state index contributed by atoms with van der Waals surface area (Å²) in [6.45, 7) is 2.85. The summed E-state index contributed by atoms with van der Waals surface area (Å²) >= 11 is 1.99. The van der Waals surface area contributed by atoms with Crippen molar-refractivity contribution in [2.24, 2.45) is 4.99 Å². The molecule has 0 amide bonds. The third kappa shape index (κ3) is 7.34. The van der Waals surface area contributed by atoms with Crippen LogP contribution >= 0.6 is 35.7 Å². The van der Waals surface area contributed by atoms with E-state index < -0.39 is 9.84 Å². The van der Waals surface area contributed by atoms with Crippen molar-refractivity contribution < 1.29 is 8.42 Å². The molecule has 2 unspecified atom stereocenters. The van der Waals surface area contributed by atoms with Gasteiger partial charge in [0.2, 0.25) is 0 Å². The van der Waals surface area contributed by atoms with E-state index in [1.807, 2.05) is 24.8 Å². The highest BCUT2D eigenvalue weighted by Crippen LogP contribution is 2.25. The van der Waals surface area contributed by atoms with Gasteiger partial charge in [0.25, 0.3) is 0 Å². The number of guanidine groups is 1. The Balaban J connectivity index is 0.00000312. The number of nitrogens with one attached hydrogen (secondary N) is 2. The zero-order valence-corrected chi connectivity index (χ0v) is 18.7. The highest BCUT2D eigenvalue weighted by Gasteiger charge is 2.21. The van der Waals surface area contributed by atoms with Crippen LogP contribution in [0.2, 0.25) is 0 Å². The SMILES string of the molecule is CCC(CS(=O)(=O)c1ccccc1)NC(=NC)NCC1CCCS1.I. The van der Waals surface area contributed by atoms with Crippen LogP contribution in [0.3, 0.4) is 0 Å². The van der Waals surface area contributed by atoms with E-state index in [0.717, 1.165) is 6.54 Å². The molecule has 5 nitrogen and oxygen atoms in total. The zero-order chi connectivity index (χ0) is 17.4. The molecule has 1 aliphatic heterocycles. The smallest absolute Gasteiger partial charge is 0.191 e. The Hall–Kier alpha value is -0.480. The van der Waals surface area contributed by atoms with Gasteiger partial charge < -0.3 is 10.6 Å². The minimum Gasteiger partial charge on any atom is -0.355 e. The zero-order valence-electron chi connectivity index (χ0n) is 14.8. The van der Waals surface area contributed by atoms with Crippen molar-refractivity contribution in [1.82, 2.24) is 10.6 Å². The number of hydrogen-bond acceptors (Lipinski definition) is 4.